The summed E-state index contributed by atoms with van der Waals surface area (Å²) in [5.41, 5.74) is 0.578. The van der Waals surface area contributed by atoms with Gasteiger partial charge < -0.3 is 9.64 Å². The van der Waals surface area contributed by atoms with Gasteiger partial charge in [-0.2, -0.15) is 5.26 Å². The van der Waals surface area contributed by atoms with Crippen LogP contribution < -0.4 is 4.74 Å². The summed E-state index contributed by atoms with van der Waals surface area (Å²) in [7, 11) is 0. The Hall–Kier alpha value is -2.35. The predicted molar refractivity (Wildman–Crippen MR) is 88.2 cm³/mol. The van der Waals surface area contributed by atoms with Gasteiger partial charge in [-0.25, -0.2) is 0 Å². The molecule has 0 heterocycles. The number of benzene rings is 1. The molecule has 23 heavy (non-hydrogen) atoms. The Balaban J connectivity index is 2.54. The van der Waals surface area contributed by atoms with Crippen molar-refractivity contribution in [1.82, 2.24) is 4.90 Å². The van der Waals surface area contributed by atoms with Crippen LogP contribution in [-0.4, -0.2) is 36.3 Å². The molecule has 0 aliphatic heterocycles. The maximum atomic E-state index is 12.1. The van der Waals surface area contributed by atoms with Crippen LogP contribution in [-0.2, 0) is 4.79 Å². The molecule has 0 spiro atoms. The number of ketones is 1. The van der Waals surface area contributed by atoms with E-state index in [4.69, 9.17) is 10.00 Å². The molecule has 1 rings (SSSR count). The molecule has 0 saturated carbocycles. The van der Waals surface area contributed by atoms with E-state index in [-0.39, 0.29) is 30.4 Å². The normalized spacial score (nSPS) is 11.4. The van der Waals surface area contributed by atoms with Crippen molar-refractivity contribution >= 4 is 11.7 Å². The fourth-order valence-electron chi connectivity index (χ4n) is 2.21. The van der Waals surface area contributed by atoms with Crippen LogP contribution in [0.15, 0.2) is 24.3 Å². The first-order chi connectivity index (χ1) is 11.0. The number of nitriles is 1. The van der Waals surface area contributed by atoms with Gasteiger partial charge in [0, 0.05) is 31.5 Å². The van der Waals surface area contributed by atoms with E-state index in [2.05, 4.69) is 6.07 Å². The monoisotopic (exact) mass is 316 g/mol. The van der Waals surface area contributed by atoms with Crippen LogP contribution in [0.1, 0.15) is 44.0 Å². The number of rotatable bonds is 9. The van der Waals surface area contributed by atoms with Crippen molar-refractivity contribution in [3.63, 3.8) is 0 Å². The number of carbonyl (C=O) groups excluding carboxylic acids is 2. The van der Waals surface area contributed by atoms with E-state index in [0.717, 1.165) is 5.75 Å². The molecule has 0 aliphatic carbocycles. The van der Waals surface area contributed by atoms with Gasteiger partial charge >= 0.3 is 0 Å². The SMILES string of the molecule is CCOc1ccc(C(=O)CCC(=O)N(CC)C[C@@H](C)C#N)cc1. The van der Waals surface area contributed by atoms with E-state index >= 15 is 0 Å². The maximum Gasteiger partial charge on any atom is 0.223 e. The van der Waals surface area contributed by atoms with Crippen LogP contribution in [0.5, 0.6) is 5.75 Å². The number of hydrogen-bond acceptors (Lipinski definition) is 4. The van der Waals surface area contributed by atoms with Gasteiger partial charge in [0.1, 0.15) is 5.75 Å². The second-order valence-corrected chi connectivity index (χ2v) is 5.34. The van der Waals surface area contributed by atoms with Crippen LogP contribution in [0.2, 0.25) is 0 Å². The Morgan fingerprint density at radius 3 is 2.39 bits per heavy atom. The quantitative estimate of drug-likeness (QED) is 0.656. The number of hydrogen-bond donors (Lipinski definition) is 0. The highest BCUT2D eigenvalue weighted by atomic mass is 16.5. The third-order valence-electron chi connectivity index (χ3n) is 3.50. The summed E-state index contributed by atoms with van der Waals surface area (Å²) in [5.74, 6) is 0.364. The van der Waals surface area contributed by atoms with Gasteiger partial charge in [-0.05, 0) is 45.0 Å². The molecule has 1 aromatic carbocycles. The van der Waals surface area contributed by atoms with Gasteiger partial charge in [0.05, 0.1) is 18.6 Å². The van der Waals surface area contributed by atoms with Crippen LogP contribution in [0.25, 0.3) is 0 Å². The lowest BCUT2D eigenvalue weighted by atomic mass is 10.1. The molecule has 0 aromatic heterocycles. The molecule has 0 fully saturated rings. The largest absolute Gasteiger partial charge is 0.494 e. The topological polar surface area (TPSA) is 70.4 Å². The summed E-state index contributed by atoms with van der Waals surface area (Å²) >= 11 is 0. The van der Waals surface area contributed by atoms with Crippen molar-refractivity contribution in [2.75, 3.05) is 19.7 Å². The lowest BCUT2D eigenvalue weighted by Gasteiger charge is -2.21. The Kier molecular flexibility index (Phi) is 7.82. The van der Waals surface area contributed by atoms with Crippen molar-refractivity contribution < 1.29 is 14.3 Å². The molecular weight excluding hydrogens is 292 g/mol. The molecule has 124 valence electrons. The summed E-state index contributed by atoms with van der Waals surface area (Å²) < 4.78 is 5.33. The lowest BCUT2D eigenvalue weighted by molar-refractivity contribution is -0.131. The number of nitrogens with zero attached hydrogens (tertiary/aromatic N) is 2. The van der Waals surface area contributed by atoms with Crippen molar-refractivity contribution in [2.24, 2.45) is 5.92 Å². The summed E-state index contributed by atoms with van der Waals surface area (Å²) in [6.45, 7) is 7.08. The predicted octanol–water partition coefficient (Wildman–Crippen LogP) is 3.06. The molecular formula is C18H24N2O3. The number of ether oxygens (including phenoxy) is 1. The molecule has 0 unspecified atom stereocenters. The van der Waals surface area contributed by atoms with Gasteiger partial charge in [-0.15, -0.1) is 0 Å². The zero-order chi connectivity index (χ0) is 17.2. The average Bonchev–Trinajstić information content (AvgIpc) is 2.57. The number of carbonyl (C=O) groups is 2. The van der Waals surface area contributed by atoms with Crippen molar-refractivity contribution in [3.05, 3.63) is 29.8 Å². The zero-order valence-electron chi connectivity index (χ0n) is 14.0. The molecule has 1 amide bonds. The van der Waals surface area contributed by atoms with Gasteiger partial charge in [-0.3, -0.25) is 9.59 Å². The molecule has 0 bridgehead atoms. The highest BCUT2D eigenvalue weighted by Gasteiger charge is 2.16. The summed E-state index contributed by atoms with van der Waals surface area (Å²) in [6, 6.07) is 9.06. The highest BCUT2D eigenvalue weighted by Crippen LogP contribution is 2.14. The van der Waals surface area contributed by atoms with Crippen LogP contribution in [0.4, 0.5) is 0 Å². The smallest absolute Gasteiger partial charge is 0.223 e. The van der Waals surface area contributed by atoms with E-state index < -0.39 is 0 Å². The summed E-state index contributed by atoms with van der Waals surface area (Å²) in [5, 5.41) is 8.84. The summed E-state index contributed by atoms with van der Waals surface area (Å²) in [4.78, 5) is 25.9. The molecule has 5 heteroatoms. The van der Waals surface area contributed by atoms with E-state index in [1.807, 2.05) is 13.8 Å². The minimum atomic E-state index is -0.208. The first kappa shape index (κ1) is 18.7. The third kappa shape index (κ3) is 6.11. The van der Waals surface area contributed by atoms with Gasteiger partial charge in [-0.1, -0.05) is 0 Å². The molecule has 0 saturated heterocycles. The second kappa shape index (κ2) is 9.62. The third-order valence-corrected chi connectivity index (χ3v) is 3.50. The van der Waals surface area contributed by atoms with Gasteiger partial charge in [0.25, 0.3) is 0 Å². The van der Waals surface area contributed by atoms with Gasteiger partial charge in [0.2, 0.25) is 5.91 Å². The lowest BCUT2D eigenvalue weighted by Crippen LogP contribution is -2.34. The van der Waals surface area contributed by atoms with E-state index in [9.17, 15) is 9.59 Å². The van der Waals surface area contributed by atoms with Crippen molar-refractivity contribution in [1.29, 1.82) is 5.26 Å². The molecule has 0 N–H and O–H groups in total. The number of amides is 1. The summed E-state index contributed by atoms with van der Waals surface area (Å²) in [6.07, 6.45) is 0.336. The van der Waals surface area contributed by atoms with E-state index in [1.165, 1.54) is 0 Å². The Morgan fingerprint density at radius 2 is 1.87 bits per heavy atom. The second-order valence-electron chi connectivity index (χ2n) is 5.34. The average molecular weight is 316 g/mol. The van der Waals surface area contributed by atoms with Crippen LogP contribution >= 0.6 is 0 Å². The maximum absolute atomic E-state index is 12.1. The van der Waals surface area contributed by atoms with E-state index in [0.29, 0.717) is 25.3 Å². The van der Waals surface area contributed by atoms with Crippen LogP contribution in [0.3, 0.4) is 0 Å². The first-order valence-electron chi connectivity index (χ1n) is 7.95. The standard InChI is InChI=1S/C18H24N2O3/c1-4-20(13-14(3)12-19)18(22)11-10-17(21)15-6-8-16(9-7-15)23-5-2/h6-9,14H,4-5,10-11,13H2,1-3H3/t14-/m0/s1. The highest BCUT2D eigenvalue weighted by molar-refractivity contribution is 5.98. The fourth-order valence-corrected chi connectivity index (χ4v) is 2.21. The van der Waals surface area contributed by atoms with Gasteiger partial charge in [0.15, 0.2) is 5.78 Å². The zero-order valence-corrected chi connectivity index (χ0v) is 14.0. The van der Waals surface area contributed by atoms with Crippen molar-refractivity contribution in [2.45, 2.75) is 33.6 Å². The minimum absolute atomic E-state index is 0.0641. The molecule has 5 nitrogen and oxygen atoms in total. The Morgan fingerprint density at radius 1 is 1.22 bits per heavy atom. The molecule has 1 atom stereocenters. The first-order valence-corrected chi connectivity index (χ1v) is 7.95. The molecule has 0 aliphatic rings. The molecule has 0 radical (unpaired) electrons. The number of Topliss-reactive ketones (excluding diaryl/α,β-unsaturated/α-hetero) is 1. The Bertz CT molecular complexity index is 561. The Labute approximate surface area is 137 Å². The van der Waals surface area contributed by atoms with E-state index in [1.54, 1.807) is 36.1 Å². The molecule has 1 aromatic rings. The van der Waals surface area contributed by atoms with Crippen molar-refractivity contribution in [3.8, 4) is 11.8 Å². The van der Waals surface area contributed by atoms with Crippen LogP contribution in [0, 0.1) is 17.2 Å². The fraction of sp³-hybridized carbons (Fsp3) is 0.500. The minimum Gasteiger partial charge on any atom is -0.494 e.